The molecule has 0 N–H and O–H groups in total. The van der Waals surface area contributed by atoms with Crippen LogP contribution in [0.25, 0.3) is 0 Å². The number of hydrogen-bond donors (Lipinski definition) is 0. The van der Waals surface area contributed by atoms with E-state index in [2.05, 4.69) is 90.8 Å². The van der Waals surface area contributed by atoms with Crippen LogP contribution in [-0.2, 0) is 30.2 Å². The van der Waals surface area contributed by atoms with Gasteiger partial charge in [-0.1, -0.05) is 0 Å². The molecule has 2 rings (SSSR count). The van der Waals surface area contributed by atoms with Crippen molar-refractivity contribution in [2.75, 3.05) is 42.3 Å². The van der Waals surface area contributed by atoms with Gasteiger partial charge in [-0.25, -0.2) is 24.3 Å². The summed E-state index contributed by atoms with van der Waals surface area (Å²) in [5.41, 5.74) is 2.85. The van der Waals surface area contributed by atoms with E-state index in [-0.39, 0.29) is 17.1 Å². The normalized spacial score (nSPS) is 11.3. The summed E-state index contributed by atoms with van der Waals surface area (Å²) in [4.78, 5) is 0. The first-order valence-corrected chi connectivity index (χ1v) is 7.18. The Kier molecular flexibility index (Phi) is 8.20. The molecule has 0 aliphatic rings. The molecule has 0 aliphatic heterocycles. The van der Waals surface area contributed by atoms with Crippen molar-refractivity contribution in [1.29, 1.82) is 0 Å². The van der Waals surface area contributed by atoms with Crippen LogP contribution in [0.3, 0.4) is 0 Å². The second-order valence-corrected chi connectivity index (χ2v) is 7.48. The maximum absolute atomic E-state index is 2.20. The Balaban J connectivity index is 0.000000364. The number of quaternary nitrogens is 2. The predicted octanol–water partition coefficient (Wildman–Crippen LogP) is 3.22. The van der Waals surface area contributed by atoms with E-state index in [0.717, 1.165) is 22.1 Å². The summed E-state index contributed by atoms with van der Waals surface area (Å²) in [5, 5.41) is 0. The van der Waals surface area contributed by atoms with Gasteiger partial charge in [0.25, 0.3) is 0 Å². The molecule has 0 fully saturated rings. The van der Waals surface area contributed by atoms with Gasteiger partial charge in [0.05, 0.1) is 55.4 Å². The van der Waals surface area contributed by atoms with Gasteiger partial charge in [0.2, 0.25) is 0 Å². The van der Waals surface area contributed by atoms with Gasteiger partial charge in [-0.15, -0.1) is 11.1 Å². The largest absolute Gasteiger partial charge is 2.00 e. The maximum Gasteiger partial charge on any atom is 2.00 e. The first-order valence-electron chi connectivity index (χ1n) is 7.18. The molecular weight excluding hydrogens is 300 g/mol. The molecule has 0 aromatic heterocycles. The van der Waals surface area contributed by atoms with E-state index in [0.29, 0.717) is 0 Å². The molecule has 0 atom stereocenters. The molecule has 0 spiro atoms. The Morgan fingerprint density at radius 2 is 1.05 bits per heavy atom. The van der Waals surface area contributed by atoms with Gasteiger partial charge in [-0.3, -0.25) is 0 Å². The average Bonchev–Trinajstić information content (AvgIpc) is 2.87. The zero-order valence-electron chi connectivity index (χ0n) is 14.3. The number of hydrogen-bond acceptors (Lipinski definition) is 0. The average molecular weight is 330 g/mol. The Labute approximate surface area is 141 Å². The van der Waals surface area contributed by atoms with Crippen molar-refractivity contribution in [2.24, 2.45) is 0 Å². The minimum atomic E-state index is 0. The fraction of sp³-hybridized carbons (Fsp3) is 0.444. The van der Waals surface area contributed by atoms with Crippen LogP contribution in [0.2, 0.25) is 0 Å². The molecule has 0 heterocycles. The van der Waals surface area contributed by atoms with Crippen molar-refractivity contribution in [3.63, 3.8) is 0 Å². The van der Waals surface area contributed by atoms with Crippen LogP contribution in [0, 0.1) is 0 Å². The molecule has 2 nitrogen and oxygen atoms in total. The molecule has 118 valence electrons. The van der Waals surface area contributed by atoms with E-state index in [9.17, 15) is 0 Å². The molecule has 3 heteroatoms. The molecule has 2 aromatic carbocycles. The van der Waals surface area contributed by atoms with Crippen molar-refractivity contribution < 1.29 is 26.0 Å². The zero-order chi connectivity index (χ0) is 15.2. The van der Waals surface area contributed by atoms with Gasteiger partial charge in [0, 0.05) is 0 Å². The van der Waals surface area contributed by atoms with Crippen molar-refractivity contribution in [2.45, 2.75) is 13.1 Å². The summed E-state index contributed by atoms with van der Waals surface area (Å²) >= 11 is 0. The zero-order valence-corrected chi connectivity index (χ0v) is 15.4. The standard InChI is InChI=1S/2C9H15N.Fe/c2*1-10(2,3)8-9-6-4-5-7-9;/h2*4-7H,8H2,1-3H3;/q;;+2. The van der Waals surface area contributed by atoms with Crippen LogP contribution >= 0.6 is 0 Å². The quantitative estimate of drug-likeness (QED) is 0.459. The van der Waals surface area contributed by atoms with Crippen LogP contribution < -0.4 is 0 Å². The fourth-order valence-electron chi connectivity index (χ4n) is 2.13. The van der Waals surface area contributed by atoms with Gasteiger partial charge >= 0.3 is 17.1 Å². The topological polar surface area (TPSA) is 0 Å². The van der Waals surface area contributed by atoms with Crippen LogP contribution in [0.5, 0.6) is 0 Å². The van der Waals surface area contributed by atoms with Gasteiger partial charge in [-0.2, -0.15) is 24.3 Å². The first kappa shape index (κ1) is 20.1. The fourth-order valence-corrected chi connectivity index (χ4v) is 2.13. The molecule has 0 radical (unpaired) electrons. The van der Waals surface area contributed by atoms with Crippen molar-refractivity contribution >= 4 is 0 Å². The molecule has 0 saturated heterocycles. The van der Waals surface area contributed by atoms with Crippen molar-refractivity contribution in [1.82, 2.24) is 0 Å². The summed E-state index contributed by atoms with van der Waals surface area (Å²) in [5.74, 6) is 0. The molecule has 0 saturated carbocycles. The smallest absolute Gasteiger partial charge is 0.329 e. The Morgan fingerprint density at radius 3 is 1.24 bits per heavy atom. The maximum atomic E-state index is 2.20. The summed E-state index contributed by atoms with van der Waals surface area (Å²) in [7, 11) is 13.2. The van der Waals surface area contributed by atoms with E-state index in [1.54, 1.807) is 0 Å². The minimum absolute atomic E-state index is 0. The second-order valence-electron chi connectivity index (χ2n) is 7.48. The molecule has 0 bridgehead atoms. The van der Waals surface area contributed by atoms with E-state index < -0.39 is 0 Å². The molecule has 2 aromatic rings. The van der Waals surface area contributed by atoms with E-state index in [1.165, 1.54) is 11.1 Å². The number of rotatable bonds is 4. The van der Waals surface area contributed by atoms with Crippen LogP contribution in [0.1, 0.15) is 11.1 Å². The summed E-state index contributed by atoms with van der Waals surface area (Å²) in [6.45, 7) is 2.24. The molecule has 0 amide bonds. The van der Waals surface area contributed by atoms with Gasteiger partial charge in [0.15, 0.2) is 0 Å². The Morgan fingerprint density at radius 1 is 0.714 bits per heavy atom. The summed E-state index contributed by atoms with van der Waals surface area (Å²) in [6, 6.07) is 17.0. The third-order valence-corrected chi connectivity index (χ3v) is 2.78. The van der Waals surface area contributed by atoms with E-state index >= 15 is 0 Å². The monoisotopic (exact) mass is 330 g/mol. The third-order valence-electron chi connectivity index (χ3n) is 2.78. The second kappa shape index (κ2) is 8.55. The number of nitrogens with zero attached hydrogens (tertiary/aromatic N) is 2. The summed E-state index contributed by atoms with van der Waals surface area (Å²) in [6.07, 6.45) is 0. The summed E-state index contributed by atoms with van der Waals surface area (Å²) < 4.78 is 2.01. The van der Waals surface area contributed by atoms with Crippen LogP contribution in [0.4, 0.5) is 0 Å². The Bertz CT molecular complexity index is 410. The molecule has 0 aliphatic carbocycles. The molecule has 0 unspecified atom stereocenters. The van der Waals surface area contributed by atoms with Crippen molar-refractivity contribution in [3.8, 4) is 0 Å². The van der Waals surface area contributed by atoms with E-state index in [4.69, 9.17) is 0 Å². The van der Waals surface area contributed by atoms with Gasteiger partial charge in [0.1, 0.15) is 0 Å². The third kappa shape index (κ3) is 10.5. The molecule has 21 heavy (non-hydrogen) atoms. The first-order chi connectivity index (χ1) is 9.16. The minimum Gasteiger partial charge on any atom is -0.329 e. The predicted molar refractivity (Wildman–Crippen MR) is 87.5 cm³/mol. The van der Waals surface area contributed by atoms with Gasteiger partial charge in [-0.05, 0) is 0 Å². The SMILES string of the molecule is C[N+](C)(C)Cc1ccc[cH-]1.C[N+](C)(C)Cc1ccc[cH-]1.[Fe+2]. The van der Waals surface area contributed by atoms with Crippen LogP contribution in [0.15, 0.2) is 48.5 Å². The Hall–Kier alpha value is -0.861. The molecular formula is C18H30FeN2+2. The van der Waals surface area contributed by atoms with Crippen molar-refractivity contribution in [3.05, 3.63) is 59.7 Å². The van der Waals surface area contributed by atoms with E-state index in [1.807, 2.05) is 0 Å². The van der Waals surface area contributed by atoms with Crippen LogP contribution in [-0.4, -0.2) is 51.3 Å². The van der Waals surface area contributed by atoms with Gasteiger partial charge < -0.3 is 8.97 Å².